The first-order valence-corrected chi connectivity index (χ1v) is 4.42. The molecule has 0 radical (unpaired) electrons. The molecule has 1 heteroatoms. The molecule has 1 nitrogen and oxygen atoms in total. The maximum absolute atomic E-state index is 11.3. The van der Waals surface area contributed by atoms with Gasteiger partial charge < -0.3 is 0 Å². The van der Waals surface area contributed by atoms with Gasteiger partial charge in [0.1, 0.15) is 5.78 Å². The van der Waals surface area contributed by atoms with Gasteiger partial charge in [-0.25, -0.2) is 0 Å². The first kappa shape index (κ1) is 9.72. The lowest BCUT2D eigenvalue weighted by atomic mass is 9.92. The van der Waals surface area contributed by atoms with Crippen molar-refractivity contribution in [3.63, 3.8) is 0 Å². The van der Waals surface area contributed by atoms with Crippen LogP contribution in [0.2, 0.25) is 0 Å². The van der Waals surface area contributed by atoms with Crippen LogP contribution in [0, 0.1) is 0 Å². The van der Waals surface area contributed by atoms with E-state index in [9.17, 15) is 4.79 Å². The van der Waals surface area contributed by atoms with Crippen LogP contribution in [-0.2, 0) is 4.79 Å². The summed E-state index contributed by atoms with van der Waals surface area (Å²) in [5.74, 6) is 0.185. The van der Waals surface area contributed by atoms with Crippen molar-refractivity contribution in [2.45, 2.75) is 19.3 Å². The zero-order valence-corrected chi connectivity index (χ0v) is 7.86. The van der Waals surface area contributed by atoms with Crippen molar-refractivity contribution < 1.29 is 4.79 Å². The number of carbonyl (C=O) groups excluding carboxylic acids is 1. The molecule has 0 N–H and O–H groups in total. The van der Waals surface area contributed by atoms with Gasteiger partial charge in [0.25, 0.3) is 0 Å². The molecular formula is C12H14O. The Kier molecular flexibility index (Phi) is 3.44. The molecule has 0 unspecified atom stereocenters. The minimum absolute atomic E-state index is 0.0151. The molecule has 0 aliphatic carbocycles. The van der Waals surface area contributed by atoms with Crippen LogP contribution in [-0.4, -0.2) is 5.78 Å². The molecule has 13 heavy (non-hydrogen) atoms. The first-order chi connectivity index (χ1) is 6.25. The van der Waals surface area contributed by atoms with Crippen molar-refractivity contribution in [1.29, 1.82) is 0 Å². The Balaban J connectivity index is 2.88. The predicted molar refractivity (Wildman–Crippen MR) is 54.7 cm³/mol. The van der Waals surface area contributed by atoms with Crippen molar-refractivity contribution in [3.8, 4) is 0 Å². The highest BCUT2D eigenvalue weighted by atomic mass is 16.1. The van der Waals surface area contributed by atoms with Crippen LogP contribution in [0.4, 0.5) is 0 Å². The molecule has 1 aromatic carbocycles. The predicted octanol–water partition coefficient (Wildman–Crippen LogP) is 2.94. The van der Waals surface area contributed by atoms with Crippen molar-refractivity contribution in [3.05, 3.63) is 48.6 Å². The van der Waals surface area contributed by atoms with Crippen LogP contribution in [0.25, 0.3) is 0 Å². The lowest BCUT2D eigenvalue weighted by molar-refractivity contribution is -0.118. The van der Waals surface area contributed by atoms with Gasteiger partial charge in [0.15, 0.2) is 0 Å². The summed E-state index contributed by atoms with van der Waals surface area (Å²) in [6, 6.07) is 9.82. The van der Waals surface area contributed by atoms with Gasteiger partial charge in [-0.2, -0.15) is 0 Å². The fraction of sp³-hybridized carbons (Fsp3) is 0.250. The smallest absolute Gasteiger partial charge is 0.137 e. The first-order valence-electron chi connectivity index (χ1n) is 4.42. The van der Waals surface area contributed by atoms with Crippen LogP contribution >= 0.6 is 0 Å². The highest BCUT2D eigenvalue weighted by Crippen LogP contribution is 2.20. The van der Waals surface area contributed by atoms with E-state index >= 15 is 0 Å². The van der Waals surface area contributed by atoms with Crippen LogP contribution in [0.15, 0.2) is 43.0 Å². The SMILES string of the molecule is C=CC[C@@H](C(C)=O)c1ccccc1. The molecule has 1 rings (SSSR count). The second-order valence-corrected chi connectivity index (χ2v) is 3.10. The third-order valence-electron chi connectivity index (χ3n) is 2.10. The van der Waals surface area contributed by atoms with Gasteiger partial charge in [-0.1, -0.05) is 36.4 Å². The number of hydrogen-bond acceptors (Lipinski definition) is 1. The summed E-state index contributed by atoms with van der Waals surface area (Å²) in [7, 11) is 0. The zero-order valence-electron chi connectivity index (χ0n) is 7.86. The largest absolute Gasteiger partial charge is 0.299 e. The van der Waals surface area contributed by atoms with Gasteiger partial charge in [0, 0.05) is 5.92 Å². The fourth-order valence-electron chi connectivity index (χ4n) is 1.39. The molecule has 0 aromatic heterocycles. The Morgan fingerprint density at radius 1 is 1.46 bits per heavy atom. The number of rotatable bonds is 4. The van der Waals surface area contributed by atoms with E-state index in [1.807, 2.05) is 30.3 Å². The van der Waals surface area contributed by atoms with Crippen molar-refractivity contribution >= 4 is 5.78 Å². The van der Waals surface area contributed by atoms with Crippen LogP contribution in [0.3, 0.4) is 0 Å². The Morgan fingerprint density at radius 2 is 2.08 bits per heavy atom. The van der Waals surface area contributed by atoms with E-state index in [1.165, 1.54) is 0 Å². The molecule has 0 amide bonds. The molecule has 0 aliphatic rings. The molecule has 1 atom stereocenters. The Morgan fingerprint density at radius 3 is 2.54 bits per heavy atom. The second kappa shape index (κ2) is 4.61. The summed E-state index contributed by atoms with van der Waals surface area (Å²) in [6.07, 6.45) is 2.51. The highest BCUT2D eigenvalue weighted by Gasteiger charge is 2.13. The van der Waals surface area contributed by atoms with Crippen molar-refractivity contribution in [2.24, 2.45) is 0 Å². The quantitative estimate of drug-likeness (QED) is 0.641. The normalized spacial score (nSPS) is 12.1. The zero-order chi connectivity index (χ0) is 9.68. The van der Waals surface area contributed by atoms with Crippen LogP contribution in [0.1, 0.15) is 24.8 Å². The number of benzene rings is 1. The van der Waals surface area contributed by atoms with Gasteiger partial charge in [-0.3, -0.25) is 4.79 Å². The molecular weight excluding hydrogens is 160 g/mol. The topological polar surface area (TPSA) is 17.1 Å². The van der Waals surface area contributed by atoms with Gasteiger partial charge in [-0.05, 0) is 18.9 Å². The molecule has 0 spiro atoms. The Hall–Kier alpha value is -1.37. The third-order valence-corrected chi connectivity index (χ3v) is 2.10. The summed E-state index contributed by atoms with van der Waals surface area (Å²) >= 11 is 0. The number of carbonyl (C=O) groups is 1. The minimum atomic E-state index is -0.0151. The summed E-state index contributed by atoms with van der Waals surface area (Å²) in [4.78, 5) is 11.3. The van der Waals surface area contributed by atoms with E-state index < -0.39 is 0 Å². The van der Waals surface area contributed by atoms with Crippen molar-refractivity contribution in [1.82, 2.24) is 0 Å². The molecule has 0 fully saturated rings. The molecule has 0 bridgehead atoms. The number of Topliss-reactive ketones (excluding diaryl/α,β-unsaturated/α-hetero) is 1. The summed E-state index contributed by atoms with van der Waals surface area (Å²) in [5.41, 5.74) is 1.08. The van der Waals surface area contributed by atoms with Crippen molar-refractivity contribution in [2.75, 3.05) is 0 Å². The second-order valence-electron chi connectivity index (χ2n) is 3.10. The van der Waals surface area contributed by atoms with E-state index in [1.54, 1.807) is 13.0 Å². The molecule has 0 heterocycles. The molecule has 0 saturated carbocycles. The Labute approximate surface area is 79.1 Å². The van der Waals surface area contributed by atoms with Gasteiger partial charge in [-0.15, -0.1) is 6.58 Å². The average molecular weight is 174 g/mol. The minimum Gasteiger partial charge on any atom is -0.299 e. The lowest BCUT2D eigenvalue weighted by Crippen LogP contribution is -2.07. The fourth-order valence-corrected chi connectivity index (χ4v) is 1.39. The maximum atomic E-state index is 11.3. The molecule has 68 valence electrons. The number of ketones is 1. The van der Waals surface area contributed by atoms with Gasteiger partial charge in [0.2, 0.25) is 0 Å². The lowest BCUT2D eigenvalue weighted by Gasteiger charge is -2.10. The molecule has 0 aliphatic heterocycles. The van der Waals surface area contributed by atoms with E-state index in [4.69, 9.17) is 0 Å². The molecule has 1 aromatic rings. The third kappa shape index (κ3) is 2.55. The summed E-state index contributed by atoms with van der Waals surface area (Å²) in [6.45, 7) is 5.28. The van der Waals surface area contributed by atoms with Gasteiger partial charge >= 0.3 is 0 Å². The highest BCUT2D eigenvalue weighted by molar-refractivity contribution is 5.83. The van der Waals surface area contributed by atoms with E-state index in [2.05, 4.69) is 6.58 Å². The van der Waals surface area contributed by atoms with E-state index in [0.29, 0.717) is 0 Å². The van der Waals surface area contributed by atoms with E-state index in [0.717, 1.165) is 12.0 Å². The van der Waals surface area contributed by atoms with E-state index in [-0.39, 0.29) is 11.7 Å². The summed E-state index contributed by atoms with van der Waals surface area (Å²) < 4.78 is 0. The number of allylic oxidation sites excluding steroid dienone is 1. The maximum Gasteiger partial charge on any atom is 0.137 e. The van der Waals surface area contributed by atoms with Gasteiger partial charge in [0.05, 0.1) is 0 Å². The van der Waals surface area contributed by atoms with Crippen LogP contribution < -0.4 is 0 Å². The number of hydrogen-bond donors (Lipinski definition) is 0. The standard InChI is InChI=1S/C12H14O/c1-3-7-12(10(2)13)11-8-5-4-6-9-11/h3-6,8-9,12H,1,7H2,2H3/t12-/m0/s1. The summed E-state index contributed by atoms with van der Waals surface area (Å²) in [5, 5.41) is 0. The molecule has 0 saturated heterocycles. The van der Waals surface area contributed by atoms with Crippen LogP contribution in [0.5, 0.6) is 0 Å². The monoisotopic (exact) mass is 174 g/mol. The average Bonchev–Trinajstić information content (AvgIpc) is 2.15. The Bertz CT molecular complexity index is 287.